The summed E-state index contributed by atoms with van der Waals surface area (Å²) in [5, 5.41) is 14.2. The van der Waals surface area contributed by atoms with Crippen LogP contribution in [0.4, 0.5) is 11.4 Å². The lowest BCUT2D eigenvalue weighted by molar-refractivity contribution is -0.313. The third-order valence-electron chi connectivity index (χ3n) is 4.69. The van der Waals surface area contributed by atoms with Gasteiger partial charge in [0.2, 0.25) is 5.91 Å². The van der Waals surface area contributed by atoms with E-state index >= 15 is 0 Å². The number of carbonyl (C=O) groups is 2. The number of aliphatic carboxylic acids is 1. The predicted molar refractivity (Wildman–Crippen MR) is 82.1 cm³/mol. The van der Waals surface area contributed by atoms with Crippen molar-refractivity contribution in [1.82, 2.24) is 0 Å². The molecule has 2 aliphatic carbocycles. The average molecular weight is 299 g/mol. The first-order valence-electron chi connectivity index (χ1n) is 7.45. The zero-order chi connectivity index (χ0) is 15.9. The molecule has 2 aliphatic rings. The van der Waals surface area contributed by atoms with Crippen molar-refractivity contribution in [2.75, 3.05) is 24.3 Å². The van der Waals surface area contributed by atoms with E-state index in [2.05, 4.69) is 5.32 Å². The highest BCUT2D eigenvalue weighted by molar-refractivity contribution is 5.96. The van der Waals surface area contributed by atoms with E-state index in [4.69, 9.17) is 0 Å². The fourth-order valence-corrected chi connectivity index (χ4v) is 3.57. The second kappa shape index (κ2) is 5.48. The fourth-order valence-electron chi connectivity index (χ4n) is 3.57. The van der Waals surface area contributed by atoms with Gasteiger partial charge in [-0.2, -0.15) is 0 Å². The maximum atomic E-state index is 12.5. The summed E-state index contributed by atoms with van der Waals surface area (Å²) in [6.45, 7) is 0. The Balaban J connectivity index is 1.74. The summed E-state index contributed by atoms with van der Waals surface area (Å²) < 4.78 is 0. The number of anilines is 2. The van der Waals surface area contributed by atoms with Gasteiger partial charge in [-0.3, -0.25) is 4.79 Å². The first kappa shape index (κ1) is 14.6. The van der Waals surface area contributed by atoms with Crippen LogP contribution < -0.4 is 15.3 Å². The van der Waals surface area contributed by atoms with Gasteiger partial charge in [-0.15, -0.1) is 0 Å². The van der Waals surface area contributed by atoms with Crippen molar-refractivity contribution < 1.29 is 14.7 Å². The molecule has 1 amide bonds. The Morgan fingerprint density at radius 2 is 1.68 bits per heavy atom. The van der Waals surface area contributed by atoms with Gasteiger partial charge in [0.1, 0.15) is 0 Å². The molecule has 0 saturated heterocycles. The summed E-state index contributed by atoms with van der Waals surface area (Å²) in [5.41, 5.74) is 1.72. The number of allylic oxidation sites excluding steroid dienone is 2. The highest BCUT2D eigenvalue weighted by Gasteiger charge is 2.48. The monoisotopic (exact) mass is 299 g/mol. The zero-order valence-electron chi connectivity index (χ0n) is 12.7. The topological polar surface area (TPSA) is 72.5 Å². The van der Waals surface area contributed by atoms with E-state index in [1.165, 1.54) is 0 Å². The molecule has 1 N–H and O–H groups in total. The van der Waals surface area contributed by atoms with Gasteiger partial charge in [0.25, 0.3) is 0 Å². The molecule has 0 radical (unpaired) electrons. The maximum Gasteiger partial charge on any atom is 0.228 e. The van der Waals surface area contributed by atoms with Crippen LogP contribution in [0.2, 0.25) is 0 Å². The first-order valence-corrected chi connectivity index (χ1v) is 7.45. The van der Waals surface area contributed by atoms with Crippen LogP contribution in [0, 0.1) is 23.7 Å². The summed E-state index contributed by atoms with van der Waals surface area (Å²) in [5.74, 6) is -2.66. The van der Waals surface area contributed by atoms with Crippen molar-refractivity contribution in [2.45, 2.75) is 6.42 Å². The summed E-state index contributed by atoms with van der Waals surface area (Å²) in [6, 6.07) is 7.47. The van der Waals surface area contributed by atoms with Gasteiger partial charge in [0.05, 0.1) is 5.92 Å². The van der Waals surface area contributed by atoms with Crippen LogP contribution in [-0.4, -0.2) is 26.0 Å². The molecule has 1 aromatic carbocycles. The van der Waals surface area contributed by atoms with Crippen molar-refractivity contribution >= 4 is 23.3 Å². The number of carbonyl (C=O) groups excluding carboxylic acids is 2. The number of benzene rings is 1. The van der Waals surface area contributed by atoms with E-state index in [9.17, 15) is 14.7 Å². The molecule has 1 saturated carbocycles. The minimum absolute atomic E-state index is 0.00829. The molecule has 0 unspecified atom stereocenters. The van der Waals surface area contributed by atoms with Crippen molar-refractivity contribution in [2.24, 2.45) is 23.7 Å². The van der Waals surface area contributed by atoms with Crippen molar-refractivity contribution in [3.8, 4) is 0 Å². The largest absolute Gasteiger partial charge is 0.550 e. The minimum atomic E-state index is -1.13. The molecule has 1 fully saturated rings. The standard InChI is InChI=1S/C17H20N2O3/c1-19(2)13-7-5-12(6-8-13)18-16(20)14-10-3-4-11(9-10)15(14)17(21)22/h3-8,10-11,14-15H,9H2,1-2H3,(H,18,20)(H,21,22)/p-1/t10-,11-,14+,15-/m0/s1. The van der Waals surface area contributed by atoms with Gasteiger partial charge >= 0.3 is 0 Å². The molecule has 4 atom stereocenters. The molecule has 22 heavy (non-hydrogen) atoms. The quantitative estimate of drug-likeness (QED) is 0.838. The fraction of sp³-hybridized carbons (Fsp3) is 0.412. The Morgan fingerprint density at radius 3 is 2.23 bits per heavy atom. The van der Waals surface area contributed by atoms with Gasteiger partial charge in [0.15, 0.2) is 0 Å². The molecule has 0 aromatic heterocycles. The molecule has 1 aromatic rings. The second-order valence-electron chi connectivity index (χ2n) is 6.25. The molecular formula is C17H19N2O3-. The maximum absolute atomic E-state index is 12.5. The van der Waals surface area contributed by atoms with Gasteiger partial charge in [0, 0.05) is 37.4 Å². The SMILES string of the molecule is CN(C)c1ccc(NC(=O)[C@H]2[C@@H](C(=O)[O-])[C@H]3C=C[C@H]2C3)cc1. The number of nitrogens with zero attached hydrogens (tertiary/aromatic N) is 1. The number of hydrogen-bond acceptors (Lipinski definition) is 4. The van der Waals surface area contributed by atoms with Crippen LogP contribution in [0.3, 0.4) is 0 Å². The molecule has 2 bridgehead atoms. The lowest BCUT2D eigenvalue weighted by Gasteiger charge is -2.27. The predicted octanol–water partition coefficient (Wildman–Crippen LogP) is 0.879. The molecule has 5 heteroatoms. The van der Waals surface area contributed by atoms with Gasteiger partial charge in [-0.1, -0.05) is 12.2 Å². The highest BCUT2D eigenvalue weighted by Crippen LogP contribution is 2.48. The van der Waals surface area contributed by atoms with E-state index in [1.807, 2.05) is 55.4 Å². The smallest absolute Gasteiger partial charge is 0.228 e. The molecule has 116 valence electrons. The summed E-state index contributed by atoms with van der Waals surface area (Å²) >= 11 is 0. The lowest BCUT2D eigenvalue weighted by Crippen LogP contribution is -2.42. The van der Waals surface area contributed by atoms with Crippen LogP contribution in [0.25, 0.3) is 0 Å². The van der Waals surface area contributed by atoms with Crippen LogP contribution in [0.15, 0.2) is 36.4 Å². The number of amides is 1. The van der Waals surface area contributed by atoms with E-state index in [0.29, 0.717) is 5.69 Å². The van der Waals surface area contributed by atoms with Crippen LogP contribution >= 0.6 is 0 Å². The molecular weight excluding hydrogens is 280 g/mol. The first-order chi connectivity index (χ1) is 10.5. The van der Waals surface area contributed by atoms with Gasteiger partial charge < -0.3 is 20.1 Å². The number of hydrogen-bond donors (Lipinski definition) is 1. The molecule has 0 aliphatic heterocycles. The van der Waals surface area contributed by atoms with Crippen molar-refractivity contribution in [3.05, 3.63) is 36.4 Å². The Bertz CT molecular complexity index is 621. The average Bonchev–Trinajstić information content (AvgIpc) is 3.08. The van der Waals surface area contributed by atoms with Crippen LogP contribution in [-0.2, 0) is 9.59 Å². The zero-order valence-corrected chi connectivity index (χ0v) is 12.7. The van der Waals surface area contributed by atoms with Gasteiger partial charge in [-0.05, 0) is 42.5 Å². The molecule has 0 heterocycles. The third-order valence-corrected chi connectivity index (χ3v) is 4.69. The Kier molecular flexibility index (Phi) is 3.64. The summed E-state index contributed by atoms with van der Waals surface area (Å²) in [6.07, 6.45) is 4.60. The van der Waals surface area contributed by atoms with E-state index in [-0.39, 0.29) is 17.7 Å². The minimum Gasteiger partial charge on any atom is -0.550 e. The van der Waals surface area contributed by atoms with Crippen LogP contribution in [0.1, 0.15) is 6.42 Å². The van der Waals surface area contributed by atoms with E-state index in [1.54, 1.807) is 0 Å². The van der Waals surface area contributed by atoms with E-state index < -0.39 is 17.8 Å². The highest BCUT2D eigenvalue weighted by atomic mass is 16.4. The number of fused-ring (bicyclic) bond motifs is 2. The summed E-state index contributed by atoms with van der Waals surface area (Å²) in [4.78, 5) is 25.8. The molecule has 5 nitrogen and oxygen atoms in total. The van der Waals surface area contributed by atoms with Crippen molar-refractivity contribution in [3.63, 3.8) is 0 Å². The van der Waals surface area contributed by atoms with Crippen molar-refractivity contribution in [1.29, 1.82) is 0 Å². The van der Waals surface area contributed by atoms with Crippen LogP contribution in [0.5, 0.6) is 0 Å². The number of nitrogens with one attached hydrogen (secondary N) is 1. The number of carboxylic acid groups (broad SMARTS) is 1. The van der Waals surface area contributed by atoms with Gasteiger partial charge in [-0.25, -0.2) is 0 Å². The number of rotatable bonds is 4. The van der Waals surface area contributed by atoms with E-state index in [0.717, 1.165) is 12.1 Å². The summed E-state index contributed by atoms with van der Waals surface area (Å²) in [7, 11) is 3.89. The molecule has 0 spiro atoms. The Labute approximate surface area is 129 Å². The Morgan fingerprint density at radius 1 is 1.09 bits per heavy atom. The Hall–Kier alpha value is -2.30. The second-order valence-corrected chi connectivity index (χ2v) is 6.25. The lowest BCUT2D eigenvalue weighted by atomic mass is 9.82. The molecule has 3 rings (SSSR count). The normalized spacial score (nSPS) is 28.6. The third kappa shape index (κ3) is 2.47. The number of carboxylic acids is 1.